The first-order chi connectivity index (χ1) is 17.0. The third kappa shape index (κ3) is 10.7. The lowest BCUT2D eigenvalue weighted by molar-refractivity contribution is -0.193. The number of aromatic nitrogens is 2. The number of anilines is 2. The number of halogens is 6. The van der Waals surface area contributed by atoms with E-state index < -0.39 is 24.3 Å². The summed E-state index contributed by atoms with van der Waals surface area (Å²) in [5.41, 5.74) is 7.56. The zero-order chi connectivity index (χ0) is 28.4. The van der Waals surface area contributed by atoms with Crippen molar-refractivity contribution in [2.45, 2.75) is 25.7 Å². The molecule has 10 nitrogen and oxygen atoms in total. The van der Waals surface area contributed by atoms with Gasteiger partial charge in [0.2, 0.25) is 5.78 Å². The normalized spacial score (nSPS) is 13.8. The highest BCUT2D eigenvalue weighted by atomic mass is 19.4. The number of carbonyl (C=O) groups is 3. The van der Waals surface area contributed by atoms with E-state index in [1.54, 1.807) is 18.3 Å². The van der Waals surface area contributed by atoms with Crippen LogP contribution in [0, 0.1) is 6.92 Å². The van der Waals surface area contributed by atoms with Gasteiger partial charge in [-0.2, -0.15) is 26.3 Å². The fourth-order valence-corrected chi connectivity index (χ4v) is 2.70. The highest BCUT2D eigenvalue weighted by Gasteiger charge is 2.38. The molecule has 0 aromatic carbocycles. The van der Waals surface area contributed by atoms with E-state index >= 15 is 0 Å². The predicted molar refractivity (Wildman–Crippen MR) is 118 cm³/mol. The summed E-state index contributed by atoms with van der Waals surface area (Å²) in [5.74, 6) is -4.63. The van der Waals surface area contributed by atoms with Gasteiger partial charge in [-0.15, -0.1) is 0 Å². The summed E-state index contributed by atoms with van der Waals surface area (Å²) in [4.78, 5) is 41.3. The third-order valence-electron chi connectivity index (χ3n) is 4.42. The van der Waals surface area contributed by atoms with Gasteiger partial charge in [0.1, 0.15) is 17.3 Å². The first-order valence-corrected chi connectivity index (χ1v) is 10.3. The fourth-order valence-electron chi connectivity index (χ4n) is 2.70. The van der Waals surface area contributed by atoms with Crippen LogP contribution in [0.4, 0.5) is 38.0 Å². The van der Waals surface area contributed by atoms with E-state index in [-0.39, 0.29) is 11.6 Å². The lowest BCUT2D eigenvalue weighted by atomic mass is 10.1. The number of pyridine rings is 2. The zero-order valence-electron chi connectivity index (χ0n) is 19.2. The van der Waals surface area contributed by atoms with E-state index in [2.05, 4.69) is 20.2 Å². The minimum absolute atomic E-state index is 0.187. The Balaban J connectivity index is 0.000000404. The number of aliphatic carboxylic acids is 2. The summed E-state index contributed by atoms with van der Waals surface area (Å²) >= 11 is 0. The van der Waals surface area contributed by atoms with Crippen LogP contribution in [0.25, 0.3) is 0 Å². The molecular weight excluding hydrogens is 516 g/mol. The Labute approximate surface area is 206 Å². The quantitative estimate of drug-likeness (QED) is 0.338. The molecule has 0 bridgehead atoms. The smallest absolute Gasteiger partial charge is 0.475 e. The van der Waals surface area contributed by atoms with Crippen LogP contribution in [-0.2, 0) is 9.59 Å². The molecule has 1 aliphatic rings. The number of ketones is 1. The summed E-state index contributed by atoms with van der Waals surface area (Å²) in [6, 6.07) is 7.30. The second kappa shape index (κ2) is 13.4. The maximum absolute atomic E-state index is 12.7. The van der Waals surface area contributed by atoms with Gasteiger partial charge in [0.25, 0.3) is 0 Å². The Morgan fingerprint density at radius 3 is 2.11 bits per heavy atom. The second-order valence-corrected chi connectivity index (χ2v) is 7.35. The van der Waals surface area contributed by atoms with Crippen LogP contribution < -0.4 is 16.0 Å². The number of nitrogens with zero attached hydrogens (tertiary/aromatic N) is 3. The molecule has 1 aliphatic heterocycles. The fraction of sp³-hybridized carbons (Fsp3) is 0.381. The average molecular weight is 539 g/mol. The van der Waals surface area contributed by atoms with Gasteiger partial charge in [-0.3, -0.25) is 4.79 Å². The molecule has 1 saturated heterocycles. The van der Waals surface area contributed by atoms with Crippen LogP contribution in [-0.4, -0.2) is 76.4 Å². The van der Waals surface area contributed by atoms with Crippen molar-refractivity contribution in [3.63, 3.8) is 0 Å². The Kier molecular flexibility index (Phi) is 11.2. The van der Waals surface area contributed by atoms with Crippen LogP contribution in [0.5, 0.6) is 0 Å². The SMILES string of the molecule is Cc1cnc(N)c(C(=O)c2cccc(N3CCCNCC3)n2)c1.O=C(O)C(F)(F)F.O=C(O)C(F)(F)F. The number of hydrogen-bond acceptors (Lipinski definition) is 8. The summed E-state index contributed by atoms with van der Waals surface area (Å²) < 4.78 is 63.5. The standard InChI is InChI=1S/C17H21N5O.2C2HF3O2/c1-12-10-13(17(18)20-11-12)16(23)14-4-2-5-15(21-14)22-8-3-6-19-7-9-22;2*3-2(4,5)1(6)7/h2,4-5,10-11,19H,3,6-9H2,1H3,(H2,18,20);2*(H,6,7). The zero-order valence-corrected chi connectivity index (χ0v) is 19.2. The lowest BCUT2D eigenvalue weighted by Gasteiger charge is -2.21. The lowest BCUT2D eigenvalue weighted by Crippen LogP contribution is -2.29. The molecule has 3 heterocycles. The largest absolute Gasteiger partial charge is 0.490 e. The van der Waals surface area contributed by atoms with Gasteiger partial charge in [0.05, 0.1) is 5.56 Å². The maximum Gasteiger partial charge on any atom is 0.490 e. The number of nitrogen functional groups attached to an aromatic ring is 1. The Morgan fingerprint density at radius 2 is 1.57 bits per heavy atom. The molecule has 16 heteroatoms. The molecule has 0 atom stereocenters. The van der Waals surface area contributed by atoms with E-state index in [4.69, 9.17) is 25.5 Å². The van der Waals surface area contributed by atoms with Crippen LogP contribution >= 0.6 is 0 Å². The van der Waals surface area contributed by atoms with Crippen molar-refractivity contribution >= 4 is 29.4 Å². The van der Waals surface area contributed by atoms with E-state index in [1.807, 2.05) is 19.1 Å². The average Bonchev–Trinajstić information content (AvgIpc) is 3.09. The summed E-state index contributed by atoms with van der Waals surface area (Å²) in [7, 11) is 0. The van der Waals surface area contributed by atoms with Gasteiger partial charge in [-0.25, -0.2) is 19.6 Å². The van der Waals surface area contributed by atoms with Crippen LogP contribution in [0.1, 0.15) is 28.0 Å². The van der Waals surface area contributed by atoms with Gasteiger partial charge >= 0.3 is 24.3 Å². The molecular formula is C21H23F6N5O5. The maximum atomic E-state index is 12.7. The highest BCUT2D eigenvalue weighted by Crippen LogP contribution is 2.18. The number of carboxylic acids is 2. The van der Waals surface area contributed by atoms with Crippen LogP contribution in [0.3, 0.4) is 0 Å². The highest BCUT2D eigenvalue weighted by molar-refractivity contribution is 6.10. The monoisotopic (exact) mass is 539 g/mol. The number of rotatable bonds is 3. The van der Waals surface area contributed by atoms with Crippen molar-refractivity contribution in [1.29, 1.82) is 0 Å². The molecule has 2 aromatic heterocycles. The molecule has 5 N–H and O–H groups in total. The van der Waals surface area contributed by atoms with Gasteiger partial charge in [0, 0.05) is 25.8 Å². The molecule has 0 saturated carbocycles. The number of carboxylic acid groups (broad SMARTS) is 2. The first kappa shape index (κ1) is 31.1. The topological polar surface area (TPSA) is 159 Å². The van der Waals surface area contributed by atoms with Gasteiger partial charge in [0.15, 0.2) is 0 Å². The van der Waals surface area contributed by atoms with E-state index in [9.17, 15) is 31.1 Å². The van der Waals surface area contributed by atoms with Crippen molar-refractivity contribution in [2.24, 2.45) is 0 Å². The molecule has 0 amide bonds. The Bertz CT molecular complexity index is 1060. The number of nitrogens with one attached hydrogen (secondary N) is 1. The van der Waals surface area contributed by atoms with Crippen LogP contribution in [0.15, 0.2) is 30.5 Å². The second-order valence-electron chi connectivity index (χ2n) is 7.35. The number of nitrogens with two attached hydrogens (primary N) is 1. The molecule has 0 radical (unpaired) electrons. The molecule has 1 fully saturated rings. The van der Waals surface area contributed by atoms with Crippen molar-refractivity contribution in [3.8, 4) is 0 Å². The van der Waals surface area contributed by atoms with Crippen LogP contribution in [0.2, 0.25) is 0 Å². The van der Waals surface area contributed by atoms with Crippen molar-refractivity contribution in [2.75, 3.05) is 36.8 Å². The molecule has 0 spiro atoms. The number of alkyl halides is 6. The third-order valence-corrected chi connectivity index (χ3v) is 4.42. The minimum Gasteiger partial charge on any atom is -0.475 e. The van der Waals surface area contributed by atoms with E-state index in [0.717, 1.165) is 44.0 Å². The molecule has 0 unspecified atom stereocenters. The molecule has 0 aliphatic carbocycles. The number of hydrogen-bond donors (Lipinski definition) is 4. The first-order valence-electron chi connectivity index (χ1n) is 10.3. The van der Waals surface area contributed by atoms with E-state index in [1.165, 1.54) is 0 Å². The molecule has 2 aromatic rings. The van der Waals surface area contributed by atoms with Crippen molar-refractivity contribution in [3.05, 3.63) is 47.3 Å². The Morgan fingerprint density at radius 1 is 1.00 bits per heavy atom. The van der Waals surface area contributed by atoms with Crippen molar-refractivity contribution in [1.82, 2.24) is 15.3 Å². The van der Waals surface area contributed by atoms with Gasteiger partial charge in [-0.05, 0) is 43.7 Å². The minimum atomic E-state index is -5.08. The van der Waals surface area contributed by atoms with Gasteiger partial charge in [-0.1, -0.05) is 6.07 Å². The number of aryl methyl sites for hydroxylation is 1. The summed E-state index contributed by atoms with van der Waals surface area (Å²) in [5, 5.41) is 17.6. The van der Waals surface area contributed by atoms with Gasteiger partial charge < -0.3 is 26.2 Å². The number of carbonyl (C=O) groups excluding carboxylic acids is 1. The van der Waals surface area contributed by atoms with Crippen molar-refractivity contribution < 1.29 is 50.9 Å². The molecule has 37 heavy (non-hydrogen) atoms. The molecule has 3 rings (SSSR count). The predicted octanol–water partition coefficient (Wildman–Crippen LogP) is 2.66. The summed E-state index contributed by atoms with van der Waals surface area (Å²) in [6.07, 6.45) is -7.45. The molecule has 204 valence electrons. The Hall–Kier alpha value is -3.95. The summed E-state index contributed by atoms with van der Waals surface area (Å²) in [6.45, 7) is 5.65. The van der Waals surface area contributed by atoms with E-state index in [0.29, 0.717) is 11.3 Å².